The largest absolute Gasteiger partial charge is 0.397 e. The van der Waals surface area contributed by atoms with Gasteiger partial charge in [-0.1, -0.05) is 20.8 Å². The third-order valence-corrected chi connectivity index (χ3v) is 2.98. The minimum atomic E-state index is 0.0778. The van der Waals surface area contributed by atoms with Crippen molar-refractivity contribution in [2.24, 2.45) is 5.41 Å². The SMILES string of the molecule is CC(C)(C)CNc1cc2c(cc1N)CCC(=O)N2. The molecule has 1 aliphatic heterocycles. The van der Waals surface area contributed by atoms with E-state index in [1.807, 2.05) is 12.1 Å². The molecule has 0 atom stereocenters. The highest BCUT2D eigenvalue weighted by atomic mass is 16.1. The van der Waals surface area contributed by atoms with Crippen LogP contribution in [0.3, 0.4) is 0 Å². The lowest BCUT2D eigenvalue weighted by Crippen LogP contribution is -2.22. The molecule has 0 fully saturated rings. The maximum absolute atomic E-state index is 11.4. The van der Waals surface area contributed by atoms with E-state index in [0.29, 0.717) is 6.42 Å². The van der Waals surface area contributed by atoms with Crippen molar-refractivity contribution >= 4 is 23.0 Å². The van der Waals surface area contributed by atoms with Crippen molar-refractivity contribution < 1.29 is 4.79 Å². The molecule has 1 heterocycles. The maximum atomic E-state index is 11.4. The number of benzene rings is 1. The first kappa shape index (κ1) is 12.7. The van der Waals surface area contributed by atoms with Crippen molar-refractivity contribution in [3.8, 4) is 0 Å². The Morgan fingerprint density at radius 2 is 2.06 bits per heavy atom. The summed E-state index contributed by atoms with van der Waals surface area (Å²) in [5.41, 5.74) is 9.86. The first-order valence-electron chi connectivity index (χ1n) is 6.31. The van der Waals surface area contributed by atoms with E-state index in [-0.39, 0.29) is 11.3 Å². The summed E-state index contributed by atoms with van der Waals surface area (Å²) in [6, 6.07) is 3.90. The van der Waals surface area contributed by atoms with Gasteiger partial charge >= 0.3 is 0 Å². The molecule has 0 saturated carbocycles. The third-order valence-electron chi connectivity index (χ3n) is 2.98. The fraction of sp³-hybridized carbons (Fsp3) is 0.500. The van der Waals surface area contributed by atoms with Crippen molar-refractivity contribution in [2.45, 2.75) is 33.6 Å². The number of fused-ring (bicyclic) bond motifs is 1. The first-order chi connectivity index (χ1) is 8.35. The quantitative estimate of drug-likeness (QED) is 0.704. The van der Waals surface area contributed by atoms with E-state index in [1.54, 1.807) is 0 Å². The van der Waals surface area contributed by atoms with E-state index in [0.717, 1.165) is 35.6 Å². The van der Waals surface area contributed by atoms with Gasteiger partial charge in [-0.05, 0) is 29.5 Å². The predicted molar refractivity (Wildman–Crippen MR) is 75.7 cm³/mol. The lowest BCUT2D eigenvalue weighted by molar-refractivity contribution is -0.116. The van der Waals surface area contributed by atoms with Crippen LogP contribution >= 0.6 is 0 Å². The lowest BCUT2D eigenvalue weighted by atomic mass is 9.96. The molecule has 1 aromatic carbocycles. The van der Waals surface area contributed by atoms with Crippen LogP contribution in [0.5, 0.6) is 0 Å². The summed E-state index contributed by atoms with van der Waals surface area (Å²) < 4.78 is 0. The van der Waals surface area contributed by atoms with Crippen LogP contribution in [0.15, 0.2) is 12.1 Å². The fourth-order valence-corrected chi connectivity index (χ4v) is 1.96. The van der Waals surface area contributed by atoms with Gasteiger partial charge in [0.2, 0.25) is 5.91 Å². The van der Waals surface area contributed by atoms with Gasteiger partial charge in [0, 0.05) is 18.7 Å². The number of amides is 1. The predicted octanol–water partition coefficient (Wildman–Crippen LogP) is 2.61. The maximum Gasteiger partial charge on any atom is 0.224 e. The van der Waals surface area contributed by atoms with Gasteiger partial charge in [-0.2, -0.15) is 0 Å². The normalized spacial score (nSPS) is 14.9. The lowest BCUT2D eigenvalue weighted by Gasteiger charge is -2.23. The molecule has 1 amide bonds. The second-order valence-electron chi connectivity index (χ2n) is 6.06. The van der Waals surface area contributed by atoms with E-state index in [1.165, 1.54) is 0 Å². The fourth-order valence-electron chi connectivity index (χ4n) is 1.96. The van der Waals surface area contributed by atoms with Crippen molar-refractivity contribution in [1.29, 1.82) is 0 Å². The highest BCUT2D eigenvalue weighted by Crippen LogP contribution is 2.31. The van der Waals surface area contributed by atoms with Crippen LogP contribution < -0.4 is 16.4 Å². The Morgan fingerprint density at radius 3 is 2.72 bits per heavy atom. The molecule has 0 aromatic heterocycles. The van der Waals surface area contributed by atoms with E-state index in [2.05, 4.69) is 31.4 Å². The topological polar surface area (TPSA) is 67.1 Å². The molecular weight excluding hydrogens is 226 g/mol. The Morgan fingerprint density at radius 1 is 1.33 bits per heavy atom. The highest BCUT2D eigenvalue weighted by molar-refractivity contribution is 5.95. The molecule has 4 N–H and O–H groups in total. The molecule has 0 unspecified atom stereocenters. The van der Waals surface area contributed by atoms with Crippen LogP contribution in [0.2, 0.25) is 0 Å². The Bertz CT molecular complexity index is 475. The summed E-state index contributed by atoms with van der Waals surface area (Å²) >= 11 is 0. The van der Waals surface area contributed by atoms with Gasteiger partial charge < -0.3 is 16.4 Å². The number of rotatable bonds is 2. The number of nitrogen functional groups attached to an aromatic ring is 1. The second-order valence-corrected chi connectivity index (χ2v) is 6.06. The average Bonchev–Trinajstić information content (AvgIpc) is 2.26. The molecule has 1 aromatic rings. The van der Waals surface area contributed by atoms with Crippen LogP contribution in [0.1, 0.15) is 32.8 Å². The minimum absolute atomic E-state index is 0.0778. The number of hydrogen-bond acceptors (Lipinski definition) is 3. The van der Waals surface area contributed by atoms with Crippen LogP contribution in [-0.2, 0) is 11.2 Å². The van der Waals surface area contributed by atoms with Crippen molar-refractivity contribution in [1.82, 2.24) is 0 Å². The summed E-state index contributed by atoms with van der Waals surface area (Å²) in [6.07, 6.45) is 1.31. The number of carbonyl (C=O) groups is 1. The number of anilines is 3. The van der Waals surface area contributed by atoms with Gasteiger partial charge in [-0.15, -0.1) is 0 Å². The minimum Gasteiger partial charge on any atom is -0.397 e. The summed E-state index contributed by atoms with van der Waals surface area (Å²) in [5, 5.41) is 6.23. The van der Waals surface area contributed by atoms with Gasteiger partial charge in [0.1, 0.15) is 0 Å². The smallest absolute Gasteiger partial charge is 0.224 e. The molecule has 0 aliphatic carbocycles. The standard InChI is InChI=1S/C14H21N3O/c1-14(2,3)8-16-12-7-11-9(6-10(12)15)4-5-13(18)17-11/h6-7,16H,4-5,8,15H2,1-3H3,(H,17,18). The van der Waals surface area contributed by atoms with Gasteiger partial charge in [-0.25, -0.2) is 0 Å². The number of nitrogens with two attached hydrogens (primary N) is 1. The first-order valence-corrected chi connectivity index (χ1v) is 6.31. The number of hydrogen-bond donors (Lipinski definition) is 3. The Hall–Kier alpha value is -1.71. The summed E-state index contributed by atoms with van der Waals surface area (Å²) in [6.45, 7) is 7.33. The molecule has 1 aliphatic rings. The zero-order valence-electron chi connectivity index (χ0n) is 11.3. The second kappa shape index (κ2) is 4.52. The highest BCUT2D eigenvalue weighted by Gasteiger charge is 2.17. The molecular formula is C14H21N3O. The number of nitrogens with one attached hydrogen (secondary N) is 2. The number of aryl methyl sites for hydroxylation is 1. The molecule has 18 heavy (non-hydrogen) atoms. The van der Waals surface area contributed by atoms with Crippen LogP contribution in [0, 0.1) is 5.41 Å². The van der Waals surface area contributed by atoms with Crippen molar-refractivity contribution in [3.63, 3.8) is 0 Å². The molecule has 0 bridgehead atoms. The van der Waals surface area contributed by atoms with E-state index >= 15 is 0 Å². The van der Waals surface area contributed by atoms with E-state index in [9.17, 15) is 4.79 Å². The summed E-state index contributed by atoms with van der Waals surface area (Å²) in [7, 11) is 0. The van der Waals surface area contributed by atoms with Gasteiger partial charge in [-0.3, -0.25) is 4.79 Å². The molecule has 2 rings (SSSR count). The van der Waals surface area contributed by atoms with Crippen molar-refractivity contribution in [3.05, 3.63) is 17.7 Å². The van der Waals surface area contributed by atoms with Gasteiger partial charge in [0.25, 0.3) is 0 Å². The molecule has 0 spiro atoms. The van der Waals surface area contributed by atoms with Crippen LogP contribution in [0.4, 0.5) is 17.1 Å². The van der Waals surface area contributed by atoms with E-state index in [4.69, 9.17) is 5.73 Å². The average molecular weight is 247 g/mol. The van der Waals surface area contributed by atoms with Crippen molar-refractivity contribution in [2.75, 3.05) is 22.9 Å². The molecule has 0 saturated heterocycles. The van der Waals surface area contributed by atoms with Gasteiger partial charge in [0.15, 0.2) is 0 Å². The number of carbonyl (C=O) groups excluding carboxylic acids is 1. The monoisotopic (exact) mass is 247 g/mol. The van der Waals surface area contributed by atoms with E-state index < -0.39 is 0 Å². The molecule has 4 heteroatoms. The van der Waals surface area contributed by atoms with Gasteiger partial charge in [0.05, 0.1) is 11.4 Å². The Balaban J connectivity index is 2.21. The zero-order chi connectivity index (χ0) is 13.3. The Labute approximate surface area is 108 Å². The van der Waals surface area contributed by atoms with Crippen LogP contribution in [0.25, 0.3) is 0 Å². The summed E-state index contributed by atoms with van der Waals surface area (Å²) in [5.74, 6) is 0.0778. The third kappa shape index (κ3) is 2.94. The molecule has 98 valence electrons. The van der Waals surface area contributed by atoms with Crippen LogP contribution in [-0.4, -0.2) is 12.5 Å². The molecule has 4 nitrogen and oxygen atoms in total. The molecule has 0 radical (unpaired) electrons. The zero-order valence-corrected chi connectivity index (χ0v) is 11.3. The Kier molecular flexibility index (Phi) is 3.20. The summed E-state index contributed by atoms with van der Waals surface area (Å²) in [4.78, 5) is 11.4.